The summed E-state index contributed by atoms with van der Waals surface area (Å²) in [5.74, 6) is -0.624. The van der Waals surface area contributed by atoms with Crippen molar-refractivity contribution in [2.45, 2.75) is 25.5 Å². The van der Waals surface area contributed by atoms with Gasteiger partial charge in [0.2, 0.25) is 5.91 Å². The van der Waals surface area contributed by atoms with E-state index in [9.17, 15) is 9.59 Å². The van der Waals surface area contributed by atoms with Crippen LogP contribution in [0.1, 0.15) is 13.3 Å². The van der Waals surface area contributed by atoms with Gasteiger partial charge < -0.3 is 21.1 Å². The number of nitrogens with one attached hydrogen (secondary N) is 2. The number of primary amides is 1. The summed E-state index contributed by atoms with van der Waals surface area (Å²) >= 11 is 0. The predicted octanol–water partition coefficient (Wildman–Crippen LogP) is -1.65. The Labute approximate surface area is 88.5 Å². The molecule has 4 N–H and O–H groups in total. The fourth-order valence-electron chi connectivity index (χ4n) is 1.42. The molecule has 1 aliphatic heterocycles. The molecule has 6 nitrogen and oxygen atoms in total. The van der Waals surface area contributed by atoms with E-state index in [4.69, 9.17) is 10.5 Å². The molecule has 1 rings (SSSR count). The van der Waals surface area contributed by atoms with Crippen molar-refractivity contribution in [1.29, 1.82) is 0 Å². The average molecular weight is 215 g/mol. The first-order chi connectivity index (χ1) is 7.09. The van der Waals surface area contributed by atoms with Crippen LogP contribution in [-0.4, -0.2) is 43.7 Å². The molecular formula is C9H17N3O3. The van der Waals surface area contributed by atoms with Crippen LogP contribution in [0.2, 0.25) is 0 Å². The van der Waals surface area contributed by atoms with Gasteiger partial charge >= 0.3 is 0 Å². The predicted molar refractivity (Wildman–Crippen MR) is 54.0 cm³/mol. The molecule has 0 aromatic rings. The van der Waals surface area contributed by atoms with Gasteiger partial charge in [0.05, 0.1) is 6.61 Å². The van der Waals surface area contributed by atoms with E-state index in [0.717, 1.165) is 6.54 Å². The number of carbonyl (C=O) groups is 2. The maximum Gasteiger partial charge on any atom is 0.250 e. The van der Waals surface area contributed by atoms with E-state index < -0.39 is 12.0 Å². The van der Waals surface area contributed by atoms with Crippen LogP contribution in [0.5, 0.6) is 0 Å². The summed E-state index contributed by atoms with van der Waals surface area (Å²) < 4.78 is 5.25. The first-order valence-electron chi connectivity index (χ1n) is 5.00. The summed E-state index contributed by atoms with van der Waals surface area (Å²) in [7, 11) is 0. The molecule has 1 aliphatic rings. The summed E-state index contributed by atoms with van der Waals surface area (Å²) in [6.07, 6.45) is -0.319. The molecule has 2 unspecified atom stereocenters. The third-order valence-corrected chi connectivity index (χ3v) is 2.12. The largest absolute Gasteiger partial charge is 0.370 e. The molecule has 0 aromatic carbocycles. The Hall–Kier alpha value is -1.14. The van der Waals surface area contributed by atoms with E-state index in [1.807, 2.05) is 0 Å². The van der Waals surface area contributed by atoms with Crippen LogP contribution in [0, 0.1) is 0 Å². The number of rotatable bonds is 4. The lowest BCUT2D eigenvalue weighted by Crippen LogP contribution is -2.50. The molecule has 86 valence electrons. The van der Waals surface area contributed by atoms with Gasteiger partial charge in [-0.05, 0) is 6.92 Å². The Balaban J connectivity index is 2.30. The summed E-state index contributed by atoms with van der Waals surface area (Å²) in [6, 6.07) is -0.250. The van der Waals surface area contributed by atoms with Gasteiger partial charge in [-0.1, -0.05) is 0 Å². The minimum Gasteiger partial charge on any atom is -0.370 e. The summed E-state index contributed by atoms with van der Waals surface area (Å²) in [5.41, 5.74) is 5.01. The van der Waals surface area contributed by atoms with E-state index in [1.54, 1.807) is 6.92 Å². The van der Waals surface area contributed by atoms with Crippen LogP contribution in [0.4, 0.5) is 0 Å². The number of hydrogen-bond donors (Lipinski definition) is 3. The molecule has 0 aromatic heterocycles. The second-order valence-corrected chi connectivity index (χ2v) is 3.64. The van der Waals surface area contributed by atoms with Crippen molar-refractivity contribution in [2.24, 2.45) is 5.73 Å². The van der Waals surface area contributed by atoms with Gasteiger partial charge in [0.25, 0.3) is 5.91 Å². The number of amides is 2. The SMILES string of the molecule is CC(CC(N)=O)NC(=O)C1CNCCO1. The summed E-state index contributed by atoms with van der Waals surface area (Å²) in [4.78, 5) is 22.2. The average Bonchev–Trinajstić information content (AvgIpc) is 2.17. The molecule has 1 heterocycles. The maximum absolute atomic E-state index is 11.6. The van der Waals surface area contributed by atoms with E-state index in [-0.39, 0.29) is 18.4 Å². The van der Waals surface area contributed by atoms with E-state index >= 15 is 0 Å². The molecule has 1 fully saturated rings. The highest BCUT2D eigenvalue weighted by Gasteiger charge is 2.23. The van der Waals surface area contributed by atoms with Crippen molar-refractivity contribution in [2.75, 3.05) is 19.7 Å². The van der Waals surface area contributed by atoms with Crippen LogP contribution in [0.25, 0.3) is 0 Å². The van der Waals surface area contributed by atoms with Crippen LogP contribution in [0.15, 0.2) is 0 Å². The zero-order valence-corrected chi connectivity index (χ0v) is 8.79. The van der Waals surface area contributed by atoms with Gasteiger partial charge in [-0.3, -0.25) is 9.59 Å². The fraction of sp³-hybridized carbons (Fsp3) is 0.778. The second-order valence-electron chi connectivity index (χ2n) is 3.64. The second kappa shape index (κ2) is 5.67. The molecule has 0 aliphatic carbocycles. The number of hydrogen-bond acceptors (Lipinski definition) is 4. The Morgan fingerprint density at radius 3 is 2.93 bits per heavy atom. The van der Waals surface area contributed by atoms with Crippen molar-refractivity contribution >= 4 is 11.8 Å². The Kier molecular flexibility index (Phi) is 4.51. The van der Waals surface area contributed by atoms with Crippen molar-refractivity contribution in [3.63, 3.8) is 0 Å². The van der Waals surface area contributed by atoms with Gasteiger partial charge in [0.15, 0.2) is 0 Å². The van der Waals surface area contributed by atoms with Gasteiger partial charge in [0.1, 0.15) is 6.10 Å². The maximum atomic E-state index is 11.6. The quantitative estimate of drug-likeness (QED) is 0.524. The Bertz CT molecular complexity index is 239. The molecule has 0 spiro atoms. The normalized spacial score (nSPS) is 23.1. The van der Waals surface area contributed by atoms with Crippen LogP contribution < -0.4 is 16.4 Å². The van der Waals surface area contributed by atoms with Gasteiger partial charge in [-0.25, -0.2) is 0 Å². The number of carbonyl (C=O) groups excluding carboxylic acids is 2. The molecule has 0 bridgehead atoms. The first-order valence-corrected chi connectivity index (χ1v) is 5.00. The molecule has 1 saturated heterocycles. The van der Waals surface area contributed by atoms with Crippen molar-refractivity contribution in [3.05, 3.63) is 0 Å². The van der Waals surface area contributed by atoms with Crippen LogP contribution >= 0.6 is 0 Å². The fourth-order valence-corrected chi connectivity index (χ4v) is 1.42. The minimum atomic E-state index is -0.464. The molecule has 2 amide bonds. The highest BCUT2D eigenvalue weighted by atomic mass is 16.5. The number of morpholine rings is 1. The number of nitrogens with two attached hydrogens (primary N) is 1. The standard InChI is InChI=1S/C9H17N3O3/c1-6(4-8(10)13)12-9(14)7-5-11-2-3-15-7/h6-7,11H,2-5H2,1H3,(H2,10,13)(H,12,14). The van der Waals surface area contributed by atoms with Crippen LogP contribution in [0.3, 0.4) is 0 Å². The Morgan fingerprint density at radius 2 is 2.40 bits per heavy atom. The highest BCUT2D eigenvalue weighted by Crippen LogP contribution is 1.98. The van der Waals surface area contributed by atoms with Crippen molar-refractivity contribution < 1.29 is 14.3 Å². The summed E-state index contributed by atoms with van der Waals surface area (Å²) in [5, 5.41) is 5.73. The topological polar surface area (TPSA) is 93.5 Å². The molecule has 0 saturated carbocycles. The van der Waals surface area contributed by atoms with Gasteiger partial charge in [0, 0.05) is 25.6 Å². The third-order valence-electron chi connectivity index (χ3n) is 2.12. The van der Waals surface area contributed by atoms with Gasteiger partial charge in [-0.2, -0.15) is 0 Å². The lowest BCUT2D eigenvalue weighted by molar-refractivity contribution is -0.135. The molecule has 0 radical (unpaired) electrons. The van der Waals surface area contributed by atoms with Crippen molar-refractivity contribution in [1.82, 2.24) is 10.6 Å². The highest BCUT2D eigenvalue weighted by molar-refractivity contribution is 5.82. The minimum absolute atomic E-state index is 0.145. The van der Waals surface area contributed by atoms with E-state index in [2.05, 4.69) is 10.6 Å². The monoisotopic (exact) mass is 215 g/mol. The van der Waals surface area contributed by atoms with E-state index in [1.165, 1.54) is 0 Å². The van der Waals surface area contributed by atoms with Gasteiger partial charge in [-0.15, -0.1) is 0 Å². The zero-order chi connectivity index (χ0) is 11.3. The Morgan fingerprint density at radius 1 is 1.67 bits per heavy atom. The first kappa shape index (κ1) is 11.9. The molecule has 6 heteroatoms. The smallest absolute Gasteiger partial charge is 0.250 e. The summed E-state index contributed by atoms with van der Waals surface area (Å²) in [6.45, 7) is 3.54. The van der Waals surface area contributed by atoms with E-state index in [0.29, 0.717) is 13.2 Å². The van der Waals surface area contributed by atoms with Crippen LogP contribution in [-0.2, 0) is 14.3 Å². The zero-order valence-electron chi connectivity index (χ0n) is 8.79. The number of ether oxygens (including phenoxy) is 1. The molecular weight excluding hydrogens is 198 g/mol. The molecule has 15 heavy (non-hydrogen) atoms. The van der Waals surface area contributed by atoms with Crippen molar-refractivity contribution in [3.8, 4) is 0 Å². The molecule has 2 atom stereocenters. The lowest BCUT2D eigenvalue weighted by Gasteiger charge is -2.24. The third kappa shape index (κ3) is 4.26. The lowest BCUT2D eigenvalue weighted by atomic mass is 10.2.